The van der Waals surface area contributed by atoms with E-state index in [0.29, 0.717) is 19.3 Å². The van der Waals surface area contributed by atoms with E-state index in [1.807, 2.05) is 0 Å². The molecule has 0 fully saturated rings. The molecule has 0 rings (SSSR count). The minimum absolute atomic E-state index is 0.0822. The third kappa shape index (κ3) is 61.4. The lowest BCUT2D eigenvalue weighted by Crippen LogP contribution is -2.30. The molecular weight excluding hydrogens is 937 g/mol. The molecule has 0 aliphatic carbocycles. The van der Waals surface area contributed by atoms with Crippen LogP contribution in [0.15, 0.2) is 85.1 Å². The van der Waals surface area contributed by atoms with Gasteiger partial charge in [-0.1, -0.05) is 273 Å². The normalized spacial score (nSPS) is 12.6. The van der Waals surface area contributed by atoms with Crippen LogP contribution in [0, 0.1) is 0 Å². The van der Waals surface area contributed by atoms with Crippen molar-refractivity contribution < 1.29 is 28.6 Å². The first-order valence-corrected chi connectivity index (χ1v) is 32.6. The number of hydrogen-bond donors (Lipinski definition) is 0. The molecule has 1 atom stereocenters. The van der Waals surface area contributed by atoms with E-state index in [1.165, 1.54) is 180 Å². The number of hydrogen-bond acceptors (Lipinski definition) is 6. The van der Waals surface area contributed by atoms with Crippen molar-refractivity contribution in [1.29, 1.82) is 0 Å². The summed E-state index contributed by atoms with van der Waals surface area (Å²) in [4.78, 5) is 38.3. The second kappa shape index (κ2) is 64.1. The standard InChI is InChI=1S/C70H122O6/c1-4-7-10-13-16-19-22-25-28-30-32-33-34-35-36-37-38-40-42-45-48-51-54-57-60-63-69(72)75-66-67(65-74-68(71)62-59-56-53-50-47-44-41-27-24-21-18-15-12-9-6-3)76-70(73)64-61-58-55-52-49-46-43-39-31-29-26-23-20-17-14-11-8-5-2/h7,10,16,18-19,21,25,27-29,31-33,41,67H,4-6,8-9,11-15,17,20,22-24,26,30,34-40,42-66H2,1-3H3/b10-7-,19-16-,21-18-,28-25-,31-29-,33-32-,41-27-. The molecule has 0 amide bonds. The summed E-state index contributed by atoms with van der Waals surface area (Å²) in [6, 6.07) is 0. The minimum atomic E-state index is -0.786. The van der Waals surface area contributed by atoms with E-state index in [1.54, 1.807) is 0 Å². The fourth-order valence-electron chi connectivity index (χ4n) is 9.23. The summed E-state index contributed by atoms with van der Waals surface area (Å²) in [6.45, 7) is 6.52. The Morgan fingerprint density at radius 3 is 0.842 bits per heavy atom. The van der Waals surface area contributed by atoms with Crippen molar-refractivity contribution in [2.75, 3.05) is 13.2 Å². The van der Waals surface area contributed by atoms with Gasteiger partial charge in [-0.05, 0) is 116 Å². The van der Waals surface area contributed by atoms with Gasteiger partial charge in [-0.3, -0.25) is 14.4 Å². The topological polar surface area (TPSA) is 78.9 Å². The zero-order valence-electron chi connectivity index (χ0n) is 50.3. The first kappa shape index (κ1) is 72.6. The third-order valence-corrected chi connectivity index (χ3v) is 14.1. The summed E-state index contributed by atoms with van der Waals surface area (Å²) in [5.41, 5.74) is 0. The molecule has 0 bridgehead atoms. The van der Waals surface area contributed by atoms with Crippen LogP contribution >= 0.6 is 0 Å². The Hall–Kier alpha value is -3.41. The van der Waals surface area contributed by atoms with Gasteiger partial charge < -0.3 is 14.2 Å². The molecule has 76 heavy (non-hydrogen) atoms. The molecule has 6 heteroatoms. The number of carbonyl (C=O) groups excluding carboxylic acids is 3. The number of carbonyl (C=O) groups is 3. The van der Waals surface area contributed by atoms with Gasteiger partial charge in [0.1, 0.15) is 13.2 Å². The maximum absolute atomic E-state index is 12.9. The SMILES string of the molecule is CC/C=C\C/C=C\C/C=C\C/C=C\CCCCCCCCCCCCCCC(=O)OCC(COC(=O)CCCCCCC/C=C\C/C=C\CCCCC)OC(=O)CCCCCCCCC/C=C\CCCCCCCCC. The molecule has 0 aliphatic heterocycles. The fraction of sp³-hybridized carbons (Fsp3) is 0.757. The molecule has 0 aromatic rings. The summed E-state index contributed by atoms with van der Waals surface area (Å²) < 4.78 is 16.9. The molecule has 0 spiro atoms. The van der Waals surface area contributed by atoms with Crippen molar-refractivity contribution >= 4 is 17.9 Å². The van der Waals surface area contributed by atoms with Crippen LogP contribution in [-0.2, 0) is 28.6 Å². The zero-order valence-corrected chi connectivity index (χ0v) is 50.3. The van der Waals surface area contributed by atoms with E-state index in [9.17, 15) is 14.4 Å². The van der Waals surface area contributed by atoms with Gasteiger partial charge in [0.15, 0.2) is 6.10 Å². The number of rotatable bonds is 59. The van der Waals surface area contributed by atoms with Gasteiger partial charge in [0, 0.05) is 19.3 Å². The van der Waals surface area contributed by atoms with Crippen molar-refractivity contribution in [2.45, 2.75) is 329 Å². The summed E-state index contributed by atoms with van der Waals surface area (Å²) in [5.74, 6) is -0.889. The summed E-state index contributed by atoms with van der Waals surface area (Å²) in [6.07, 6.45) is 84.4. The van der Waals surface area contributed by atoms with Crippen molar-refractivity contribution in [1.82, 2.24) is 0 Å². The predicted molar refractivity (Wildman–Crippen MR) is 330 cm³/mol. The van der Waals surface area contributed by atoms with Crippen LogP contribution in [0.25, 0.3) is 0 Å². The summed E-state index contributed by atoms with van der Waals surface area (Å²) >= 11 is 0. The van der Waals surface area contributed by atoms with Crippen molar-refractivity contribution in [3.8, 4) is 0 Å². The van der Waals surface area contributed by atoms with E-state index in [-0.39, 0.29) is 31.1 Å². The number of esters is 3. The summed E-state index contributed by atoms with van der Waals surface area (Å²) in [5, 5.41) is 0. The molecule has 0 aliphatic rings. The second-order valence-electron chi connectivity index (χ2n) is 21.6. The Labute approximate surface area is 471 Å². The minimum Gasteiger partial charge on any atom is -0.462 e. The van der Waals surface area contributed by atoms with E-state index in [4.69, 9.17) is 14.2 Å². The highest BCUT2D eigenvalue weighted by Gasteiger charge is 2.19. The Balaban J connectivity index is 4.34. The Morgan fingerprint density at radius 2 is 0.513 bits per heavy atom. The van der Waals surface area contributed by atoms with E-state index in [2.05, 4.69) is 106 Å². The highest BCUT2D eigenvalue weighted by molar-refractivity contribution is 5.71. The monoisotopic (exact) mass is 1060 g/mol. The molecule has 1 unspecified atom stereocenters. The third-order valence-electron chi connectivity index (χ3n) is 14.1. The average Bonchev–Trinajstić information content (AvgIpc) is 3.42. The van der Waals surface area contributed by atoms with Crippen LogP contribution in [0.2, 0.25) is 0 Å². The quantitative estimate of drug-likeness (QED) is 0.0261. The molecule has 0 aromatic heterocycles. The lowest BCUT2D eigenvalue weighted by molar-refractivity contribution is -0.167. The fourth-order valence-corrected chi connectivity index (χ4v) is 9.23. The molecule has 0 aromatic carbocycles. The van der Waals surface area contributed by atoms with Crippen molar-refractivity contribution in [3.63, 3.8) is 0 Å². The maximum atomic E-state index is 12.9. The first-order valence-electron chi connectivity index (χ1n) is 32.6. The van der Waals surface area contributed by atoms with Crippen LogP contribution in [0.3, 0.4) is 0 Å². The smallest absolute Gasteiger partial charge is 0.306 e. The lowest BCUT2D eigenvalue weighted by atomic mass is 10.0. The van der Waals surface area contributed by atoms with E-state index in [0.717, 1.165) is 103 Å². The van der Waals surface area contributed by atoms with Gasteiger partial charge in [-0.15, -0.1) is 0 Å². The van der Waals surface area contributed by atoms with Gasteiger partial charge in [0.05, 0.1) is 0 Å². The van der Waals surface area contributed by atoms with Gasteiger partial charge in [-0.25, -0.2) is 0 Å². The van der Waals surface area contributed by atoms with E-state index < -0.39 is 6.10 Å². The zero-order chi connectivity index (χ0) is 55.0. The van der Waals surface area contributed by atoms with Crippen molar-refractivity contribution in [3.05, 3.63) is 85.1 Å². The highest BCUT2D eigenvalue weighted by Crippen LogP contribution is 2.16. The van der Waals surface area contributed by atoms with E-state index >= 15 is 0 Å². The van der Waals surface area contributed by atoms with Crippen LogP contribution in [0.4, 0.5) is 0 Å². The van der Waals surface area contributed by atoms with Gasteiger partial charge >= 0.3 is 17.9 Å². The number of unbranched alkanes of at least 4 members (excludes halogenated alkanes) is 34. The number of ether oxygens (including phenoxy) is 3. The van der Waals surface area contributed by atoms with Crippen LogP contribution in [0.5, 0.6) is 0 Å². The number of allylic oxidation sites excluding steroid dienone is 14. The lowest BCUT2D eigenvalue weighted by Gasteiger charge is -2.18. The van der Waals surface area contributed by atoms with Gasteiger partial charge in [0.2, 0.25) is 0 Å². The predicted octanol–water partition coefficient (Wildman–Crippen LogP) is 22.3. The molecule has 0 heterocycles. The molecule has 0 radical (unpaired) electrons. The second-order valence-corrected chi connectivity index (χ2v) is 21.6. The first-order chi connectivity index (χ1) is 37.5. The Kier molecular flexibility index (Phi) is 61.2. The van der Waals surface area contributed by atoms with Crippen LogP contribution in [-0.4, -0.2) is 37.2 Å². The summed E-state index contributed by atoms with van der Waals surface area (Å²) in [7, 11) is 0. The average molecular weight is 1060 g/mol. The van der Waals surface area contributed by atoms with Crippen LogP contribution < -0.4 is 0 Å². The van der Waals surface area contributed by atoms with Gasteiger partial charge in [-0.2, -0.15) is 0 Å². The Bertz CT molecular complexity index is 1450. The molecule has 6 nitrogen and oxygen atoms in total. The molecule has 0 saturated heterocycles. The Morgan fingerprint density at radius 1 is 0.276 bits per heavy atom. The largest absolute Gasteiger partial charge is 0.462 e. The van der Waals surface area contributed by atoms with Crippen LogP contribution in [0.1, 0.15) is 323 Å². The molecule has 0 saturated carbocycles. The maximum Gasteiger partial charge on any atom is 0.306 e. The highest BCUT2D eigenvalue weighted by atomic mass is 16.6. The molecule has 0 N–H and O–H groups in total. The van der Waals surface area contributed by atoms with Crippen molar-refractivity contribution in [2.24, 2.45) is 0 Å². The molecular formula is C70H122O6. The molecule has 438 valence electrons. The van der Waals surface area contributed by atoms with Gasteiger partial charge in [0.25, 0.3) is 0 Å².